The molecule has 7 nitrogen and oxygen atoms in total. The fourth-order valence-corrected chi connectivity index (χ4v) is 2.11. The SMILES string of the molecule is Cc1ccc(/C=C/C(=O)OCC(=O)Nc2ccc(C)c([N+](=O)[O-])c2)cc1. The van der Waals surface area contributed by atoms with E-state index in [1.54, 1.807) is 19.1 Å². The number of benzene rings is 2. The minimum absolute atomic E-state index is 0.0965. The van der Waals surface area contributed by atoms with Crippen LogP contribution < -0.4 is 5.32 Å². The number of nitro groups is 1. The van der Waals surface area contributed by atoms with Gasteiger partial charge in [-0.15, -0.1) is 0 Å². The summed E-state index contributed by atoms with van der Waals surface area (Å²) in [6.45, 7) is 3.08. The molecule has 0 bridgehead atoms. The van der Waals surface area contributed by atoms with E-state index in [0.717, 1.165) is 11.1 Å². The number of nitrogens with one attached hydrogen (secondary N) is 1. The molecule has 0 radical (unpaired) electrons. The van der Waals surface area contributed by atoms with E-state index in [4.69, 9.17) is 4.74 Å². The number of rotatable bonds is 6. The van der Waals surface area contributed by atoms with Gasteiger partial charge >= 0.3 is 5.97 Å². The molecule has 0 saturated carbocycles. The number of hydrogen-bond donors (Lipinski definition) is 1. The summed E-state index contributed by atoms with van der Waals surface area (Å²) < 4.78 is 4.85. The Balaban J connectivity index is 1.86. The van der Waals surface area contributed by atoms with Gasteiger partial charge in [0.05, 0.1) is 4.92 Å². The van der Waals surface area contributed by atoms with Crippen LogP contribution >= 0.6 is 0 Å². The lowest BCUT2D eigenvalue weighted by molar-refractivity contribution is -0.385. The molecule has 0 aliphatic heterocycles. The number of carbonyl (C=O) groups excluding carboxylic acids is 2. The number of nitro benzene ring substituents is 1. The van der Waals surface area contributed by atoms with Gasteiger partial charge in [0, 0.05) is 23.4 Å². The third-order valence-corrected chi connectivity index (χ3v) is 3.52. The Morgan fingerprint density at radius 1 is 1.15 bits per heavy atom. The van der Waals surface area contributed by atoms with E-state index in [0.29, 0.717) is 5.56 Å². The van der Waals surface area contributed by atoms with Gasteiger partial charge in [0.1, 0.15) is 0 Å². The summed E-state index contributed by atoms with van der Waals surface area (Å²) in [4.78, 5) is 33.8. The Morgan fingerprint density at radius 3 is 2.50 bits per heavy atom. The van der Waals surface area contributed by atoms with Gasteiger partial charge in [-0.3, -0.25) is 14.9 Å². The first-order valence-corrected chi connectivity index (χ1v) is 7.81. The van der Waals surface area contributed by atoms with E-state index in [2.05, 4.69) is 5.32 Å². The molecule has 2 rings (SSSR count). The summed E-state index contributed by atoms with van der Waals surface area (Å²) in [5, 5.41) is 13.4. The van der Waals surface area contributed by atoms with E-state index < -0.39 is 23.4 Å². The molecule has 0 fully saturated rings. The summed E-state index contributed by atoms with van der Waals surface area (Å²) >= 11 is 0. The number of carbonyl (C=O) groups is 2. The Bertz CT molecular complexity index is 857. The molecule has 0 heterocycles. The number of amides is 1. The monoisotopic (exact) mass is 354 g/mol. The quantitative estimate of drug-likeness (QED) is 0.371. The van der Waals surface area contributed by atoms with Crippen molar-refractivity contribution in [1.82, 2.24) is 0 Å². The van der Waals surface area contributed by atoms with Crippen LogP contribution in [0.25, 0.3) is 6.08 Å². The first-order valence-electron chi connectivity index (χ1n) is 7.81. The molecule has 134 valence electrons. The van der Waals surface area contributed by atoms with E-state index >= 15 is 0 Å². The smallest absolute Gasteiger partial charge is 0.331 e. The van der Waals surface area contributed by atoms with Crippen LogP contribution in [-0.2, 0) is 14.3 Å². The van der Waals surface area contributed by atoms with Crippen LogP contribution in [0.2, 0.25) is 0 Å². The van der Waals surface area contributed by atoms with Crippen molar-refractivity contribution in [1.29, 1.82) is 0 Å². The van der Waals surface area contributed by atoms with Crippen molar-refractivity contribution in [2.75, 3.05) is 11.9 Å². The van der Waals surface area contributed by atoms with Gasteiger partial charge in [0.15, 0.2) is 6.61 Å². The van der Waals surface area contributed by atoms with Gasteiger partial charge in [-0.2, -0.15) is 0 Å². The van der Waals surface area contributed by atoms with Crippen molar-refractivity contribution >= 4 is 29.3 Å². The van der Waals surface area contributed by atoms with Gasteiger partial charge in [-0.25, -0.2) is 4.79 Å². The molecule has 1 N–H and O–H groups in total. The van der Waals surface area contributed by atoms with Crippen molar-refractivity contribution in [3.8, 4) is 0 Å². The Labute approximate surface area is 150 Å². The zero-order valence-electron chi connectivity index (χ0n) is 14.4. The molecular formula is C19H18N2O5. The Kier molecular flexibility index (Phi) is 6.21. The van der Waals surface area contributed by atoms with E-state index in [1.165, 1.54) is 18.2 Å². The standard InChI is InChI=1S/C19H18N2O5/c1-13-3-6-15(7-4-13)8-10-19(23)26-12-18(22)20-16-9-5-14(2)17(11-16)21(24)25/h3-11H,12H2,1-2H3,(H,20,22)/b10-8+. The summed E-state index contributed by atoms with van der Waals surface area (Å²) in [6.07, 6.45) is 2.82. The third kappa shape index (κ3) is 5.55. The lowest BCUT2D eigenvalue weighted by Gasteiger charge is -2.06. The third-order valence-electron chi connectivity index (χ3n) is 3.52. The van der Waals surface area contributed by atoms with Crippen molar-refractivity contribution in [2.45, 2.75) is 13.8 Å². The maximum absolute atomic E-state index is 11.8. The maximum Gasteiger partial charge on any atom is 0.331 e. The largest absolute Gasteiger partial charge is 0.452 e. The lowest BCUT2D eigenvalue weighted by Crippen LogP contribution is -2.20. The highest BCUT2D eigenvalue weighted by atomic mass is 16.6. The topological polar surface area (TPSA) is 98.5 Å². The number of ether oxygens (including phenoxy) is 1. The predicted molar refractivity (Wildman–Crippen MR) is 97.6 cm³/mol. The zero-order valence-corrected chi connectivity index (χ0v) is 14.4. The molecule has 0 saturated heterocycles. The van der Waals surface area contributed by atoms with Crippen molar-refractivity contribution in [3.63, 3.8) is 0 Å². The lowest BCUT2D eigenvalue weighted by atomic mass is 10.1. The van der Waals surface area contributed by atoms with Crippen LogP contribution in [0.1, 0.15) is 16.7 Å². The van der Waals surface area contributed by atoms with Gasteiger partial charge in [-0.05, 0) is 31.6 Å². The molecule has 0 atom stereocenters. The molecule has 2 aromatic rings. The first-order chi connectivity index (χ1) is 12.3. The number of aryl methyl sites for hydroxylation is 2. The second-order valence-corrected chi connectivity index (χ2v) is 5.66. The van der Waals surface area contributed by atoms with Crippen LogP contribution in [0.15, 0.2) is 48.5 Å². The predicted octanol–water partition coefficient (Wildman–Crippen LogP) is 3.41. The van der Waals surface area contributed by atoms with E-state index in [9.17, 15) is 19.7 Å². The molecule has 0 unspecified atom stereocenters. The summed E-state index contributed by atoms with van der Waals surface area (Å²) in [7, 11) is 0. The Morgan fingerprint density at radius 2 is 1.85 bits per heavy atom. The van der Waals surface area contributed by atoms with E-state index in [-0.39, 0.29) is 11.4 Å². The highest BCUT2D eigenvalue weighted by molar-refractivity contribution is 5.94. The molecule has 1 amide bonds. The summed E-state index contributed by atoms with van der Waals surface area (Å²) in [5.41, 5.74) is 2.60. The molecule has 7 heteroatoms. The molecule has 0 aliphatic carbocycles. The Hall–Kier alpha value is -3.48. The second kappa shape index (κ2) is 8.57. The minimum atomic E-state index is -0.657. The van der Waals surface area contributed by atoms with Crippen molar-refractivity contribution in [2.24, 2.45) is 0 Å². The number of anilines is 1. The van der Waals surface area contributed by atoms with Crippen molar-refractivity contribution < 1.29 is 19.2 Å². The zero-order chi connectivity index (χ0) is 19.1. The van der Waals surface area contributed by atoms with Gasteiger partial charge in [0.2, 0.25) is 0 Å². The second-order valence-electron chi connectivity index (χ2n) is 5.66. The van der Waals surface area contributed by atoms with Gasteiger partial charge in [-0.1, -0.05) is 35.9 Å². The number of hydrogen-bond acceptors (Lipinski definition) is 5. The minimum Gasteiger partial charge on any atom is -0.452 e. The molecule has 0 aliphatic rings. The van der Waals surface area contributed by atoms with Crippen LogP contribution in [0.3, 0.4) is 0 Å². The fourth-order valence-electron chi connectivity index (χ4n) is 2.11. The van der Waals surface area contributed by atoms with Crippen LogP contribution in [0.5, 0.6) is 0 Å². The van der Waals surface area contributed by atoms with Crippen LogP contribution in [0, 0.1) is 24.0 Å². The van der Waals surface area contributed by atoms with E-state index in [1.807, 2.05) is 31.2 Å². The van der Waals surface area contributed by atoms with Crippen LogP contribution in [0.4, 0.5) is 11.4 Å². The summed E-state index contributed by atoms with van der Waals surface area (Å²) in [6, 6.07) is 11.9. The fraction of sp³-hybridized carbons (Fsp3) is 0.158. The number of nitrogens with zero attached hydrogens (tertiary/aromatic N) is 1. The highest BCUT2D eigenvalue weighted by Gasteiger charge is 2.13. The molecule has 0 spiro atoms. The maximum atomic E-state index is 11.8. The molecule has 26 heavy (non-hydrogen) atoms. The average molecular weight is 354 g/mol. The molecule has 2 aromatic carbocycles. The van der Waals surface area contributed by atoms with Crippen molar-refractivity contribution in [3.05, 3.63) is 75.3 Å². The first kappa shape index (κ1) is 18.9. The normalized spacial score (nSPS) is 10.5. The molecule has 0 aromatic heterocycles. The molecular weight excluding hydrogens is 336 g/mol. The van der Waals surface area contributed by atoms with Gasteiger partial charge < -0.3 is 10.1 Å². The highest BCUT2D eigenvalue weighted by Crippen LogP contribution is 2.22. The van der Waals surface area contributed by atoms with Crippen LogP contribution in [-0.4, -0.2) is 23.4 Å². The average Bonchev–Trinajstić information content (AvgIpc) is 2.61. The number of esters is 1. The van der Waals surface area contributed by atoms with Gasteiger partial charge in [0.25, 0.3) is 11.6 Å². The summed E-state index contributed by atoms with van der Waals surface area (Å²) in [5.74, 6) is -1.24.